The van der Waals surface area contributed by atoms with Gasteiger partial charge in [-0.2, -0.15) is 0 Å². The first-order valence-corrected chi connectivity index (χ1v) is 22.0. The van der Waals surface area contributed by atoms with Crippen LogP contribution in [0.15, 0.2) is 84.9 Å². The summed E-state index contributed by atoms with van der Waals surface area (Å²) in [5.74, 6) is -0.484. The molecule has 4 aliphatic heterocycles. The van der Waals surface area contributed by atoms with Crippen molar-refractivity contribution in [3.8, 4) is 5.75 Å². The second kappa shape index (κ2) is 16.9. The number of nitrogens with one attached hydrogen (secondary N) is 1. The van der Waals surface area contributed by atoms with E-state index in [2.05, 4.69) is 80.7 Å². The largest absolute Gasteiger partial charge is 0.508 e. The standard InChI is InChI=1S/C50H55N5O6/c1-33-27-38-30-52(22-17-36(38)29-43(33)49(61)55(32-56)44-15-16-45(58)51-48(44)60)31-46(59)54-25-20-50(21-26-54)18-23-53(24-19-50)39-10-7-35(8-11-39)47-41(34-5-3-2-4-6-34)13-9-37-28-40(57)12-14-42(37)47/h2-8,10-12,14,27-29,32,41,44,47,57H,9,13,15-26,30-31H2,1H3,(H,51,58,60). The van der Waals surface area contributed by atoms with Crippen LogP contribution in [0.25, 0.3) is 0 Å². The smallest absolute Gasteiger partial charge is 0.261 e. The van der Waals surface area contributed by atoms with E-state index in [1.807, 2.05) is 31.2 Å². The number of fused-ring (bicyclic) bond motifs is 2. The van der Waals surface area contributed by atoms with E-state index in [0.29, 0.717) is 55.3 Å². The average Bonchev–Trinajstić information content (AvgIpc) is 3.27. The van der Waals surface area contributed by atoms with E-state index in [9.17, 15) is 29.1 Å². The molecule has 3 saturated heterocycles. The van der Waals surface area contributed by atoms with E-state index in [1.54, 1.807) is 0 Å². The minimum Gasteiger partial charge on any atom is -0.508 e. The first-order valence-electron chi connectivity index (χ1n) is 22.0. The Bertz CT molecular complexity index is 2330. The molecule has 3 atom stereocenters. The third kappa shape index (κ3) is 8.20. The summed E-state index contributed by atoms with van der Waals surface area (Å²) in [4.78, 5) is 70.9. The second-order valence-electron chi connectivity index (χ2n) is 18.1. The third-order valence-electron chi connectivity index (χ3n) is 14.6. The number of piperidine rings is 3. The average molecular weight is 822 g/mol. The van der Waals surface area contributed by atoms with Crippen LogP contribution in [-0.4, -0.2) is 95.2 Å². The van der Waals surface area contributed by atoms with Crippen LogP contribution >= 0.6 is 0 Å². The van der Waals surface area contributed by atoms with Crippen molar-refractivity contribution in [3.63, 3.8) is 0 Å². The Morgan fingerprint density at radius 2 is 1.54 bits per heavy atom. The molecule has 1 aliphatic carbocycles. The van der Waals surface area contributed by atoms with Gasteiger partial charge in [-0.25, -0.2) is 0 Å². The van der Waals surface area contributed by atoms with Gasteiger partial charge in [0, 0.05) is 62.9 Å². The molecule has 5 amide bonds. The highest BCUT2D eigenvalue weighted by Crippen LogP contribution is 2.48. The van der Waals surface area contributed by atoms with Crippen LogP contribution in [0.3, 0.4) is 0 Å². The number of likely N-dealkylation sites (tertiary alicyclic amines) is 1. The molecule has 3 unspecified atom stereocenters. The van der Waals surface area contributed by atoms with Gasteiger partial charge in [-0.3, -0.25) is 39.1 Å². The number of hydrogen-bond acceptors (Lipinski definition) is 8. The number of phenols is 1. The third-order valence-corrected chi connectivity index (χ3v) is 14.6. The van der Waals surface area contributed by atoms with Gasteiger partial charge in [-0.15, -0.1) is 0 Å². The van der Waals surface area contributed by atoms with E-state index < -0.39 is 23.8 Å². The van der Waals surface area contributed by atoms with E-state index in [4.69, 9.17) is 0 Å². The topological polar surface area (TPSA) is 131 Å². The van der Waals surface area contributed by atoms with E-state index >= 15 is 0 Å². The number of aromatic hydroxyl groups is 1. The molecule has 61 heavy (non-hydrogen) atoms. The molecule has 5 aliphatic rings. The van der Waals surface area contributed by atoms with E-state index in [-0.39, 0.29) is 30.1 Å². The molecule has 4 heterocycles. The van der Waals surface area contributed by atoms with Gasteiger partial charge >= 0.3 is 0 Å². The maximum absolute atomic E-state index is 13.7. The number of aryl methyl sites for hydroxylation is 2. The summed E-state index contributed by atoms with van der Waals surface area (Å²) in [6.45, 7) is 7.04. The Kier molecular flexibility index (Phi) is 11.3. The van der Waals surface area contributed by atoms with Crippen molar-refractivity contribution >= 4 is 35.7 Å². The maximum Gasteiger partial charge on any atom is 0.261 e. The van der Waals surface area contributed by atoms with Gasteiger partial charge < -0.3 is 14.9 Å². The van der Waals surface area contributed by atoms with Crippen molar-refractivity contribution in [2.24, 2.45) is 5.41 Å². The molecule has 4 aromatic carbocycles. The van der Waals surface area contributed by atoms with Gasteiger partial charge in [0.25, 0.3) is 5.91 Å². The number of carbonyl (C=O) groups excluding carboxylic acids is 5. The zero-order valence-corrected chi connectivity index (χ0v) is 35.0. The molecule has 11 heteroatoms. The lowest BCUT2D eigenvalue weighted by molar-refractivity contribution is -0.139. The van der Waals surface area contributed by atoms with E-state index in [1.165, 1.54) is 27.9 Å². The molecular weight excluding hydrogens is 767 g/mol. The maximum atomic E-state index is 13.7. The van der Waals surface area contributed by atoms with Gasteiger partial charge in [0.2, 0.25) is 24.1 Å². The fraction of sp³-hybridized carbons (Fsp3) is 0.420. The number of amides is 5. The van der Waals surface area contributed by atoms with Gasteiger partial charge in [-0.05, 0) is 139 Å². The summed E-state index contributed by atoms with van der Waals surface area (Å²) < 4.78 is 0. The van der Waals surface area contributed by atoms with Gasteiger partial charge in [0.05, 0.1) is 6.54 Å². The van der Waals surface area contributed by atoms with Gasteiger partial charge in [0.1, 0.15) is 11.8 Å². The van der Waals surface area contributed by atoms with Crippen LogP contribution in [0.1, 0.15) is 106 Å². The molecule has 4 aromatic rings. The van der Waals surface area contributed by atoms with Crippen LogP contribution in [-0.2, 0) is 38.6 Å². The van der Waals surface area contributed by atoms with Crippen LogP contribution < -0.4 is 10.2 Å². The number of nitrogens with zero attached hydrogens (tertiary/aromatic N) is 4. The van der Waals surface area contributed by atoms with Crippen molar-refractivity contribution < 1.29 is 29.1 Å². The Morgan fingerprint density at radius 1 is 0.803 bits per heavy atom. The molecule has 0 bridgehead atoms. The minimum absolute atomic E-state index is 0.0711. The van der Waals surface area contributed by atoms with E-state index in [0.717, 1.165) is 80.7 Å². The summed E-state index contributed by atoms with van der Waals surface area (Å²) >= 11 is 0. The first-order chi connectivity index (χ1) is 29.6. The van der Waals surface area contributed by atoms with Gasteiger partial charge in [0.15, 0.2) is 0 Å². The van der Waals surface area contributed by atoms with Crippen LogP contribution in [0.5, 0.6) is 5.75 Å². The fourth-order valence-corrected chi connectivity index (χ4v) is 10.9. The Hall–Kier alpha value is -5.81. The van der Waals surface area contributed by atoms with Crippen molar-refractivity contribution in [1.29, 1.82) is 0 Å². The number of imide groups is 2. The van der Waals surface area contributed by atoms with Crippen LogP contribution in [0.4, 0.5) is 5.69 Å². The highest BCUT2D eigenvalue weighted by molar-refractivity contribution is 6.07. The molecule has 316 valence electrons. The molecule has 11 nitrogen and oxygen atoms in total. The number of anilines is 1. The quantitative estimate of drug-likeness (QED) is 0.158. The van der Waals surface area contributed by atoms with Crippen LogP contribution in [0.2, 0.25) is 0 Å². The fourth-order valence-electron chi connectivity index (χ4n) is 10.9. The highest BCUT2D eigenvalue weighted by Gasteiger charge is 2.40. The first kappa shape index (κ1) is 40.6. The molecule has 9 rings (SSSR count). The number of hydrogen-bond donors (Lipinski definition) is 2. The zero-order chi connectivity index (χ0) is 42.3. The van der Waals surface area contributed by atoms with Crippen molar-refractivity contribution in [2.45, 2.75) is 89.1 Å². The lowest BCUT2D eigenvalue weighted by atomic mass is 9.69. The molecule has 0 saturated carbocycles. The number of carbonyl (C=O) groups is 5. The molecular formula is C50H55N5O6. The normalized spacial score (nSPS) is 22.5. The van der Waals surface area contributed by atoms with Crippen molar-refractivity contribution in [3.05, 3.63) is 129 Å². The highest BCUT2D eigenvalue weighted by atomic mass is 16.3. The summed E-state index contributed by atoms with van der Waals surface area (Å²) in [6.07, 6.45) is 7.53. The Morgan fingerprint density at radius 3 is 2.26 bits per heavy atom. The summed E-state index contributed by atoms with van der Waals surface area (Å²) in [5, 5.41) is 12.5. The molecule has 0 radical (unpaired) electrons. The predicted octanol–water partition coefficient (Wildman–Crippen LogP) is 6.23. The minimum atomic E-state index is -1.01. The lowest BCUT2D eigenvalue weighted by Crippen LogP contribution is -2.54. The second-order valence-corrected chi connectivity index (χ2v) is 18.1. The molecule has 2 N–H and O–H groups in total. The monoisotopic (exact) mass is 821 g/mol. The Labute approximate surface area is 357 Å². The number of benzene rings is 4. The SMILES string of the molecule is Cc1cc2c(cc1C(=O)N(C=O)C1CCC(=O)NC1=O)CCN(CC(=O)N1CCC3(CC1)CCN(c1ccc(C4c5ccc(O)cc5CCC4c4ccccc4)cc1)CC3)C2. The molecule has 0 aromatic heterocycles. The molecule has 1 spiro atoms. The summed E-state index contributed by atoms with van der Waals surface area (Å²) in [6, 6.07) is 28.8. The number of rotatable bonds is 8. The van der Waals surface area contributed by atoms with Crippen molar-refractivity contribution in [1.82, 2.24) is 20.0 Å². The Balaban J connectivity index is 0.776. The zero-order valence-electron chi connectivity index (χ0n) is 35.0. The van der Waals surface area contributed by atoms with Gasteiger partial charge in [-0.1, -0.05) is 54.6 Å². The van der Waals surface area contributed by atoms with Crippen molar-refractivity contribution in [2.75, 3.05) is 44.2 Å². The lowest BCUT2D eigenvalue weighted by Gasteiger charge is -2.47. The molecule has 3 fully saturated rings. The van der Waals surface area contributed by atoms with Crippen LogP contribution in [0, 0.1) is 12.3 Å². The number of phenolic OH excluding ortho intramolecular Hbond substituents is 1. The predicted molar refractivity (Wildman–Crippen MR) is 232 cm³/mol. The summed E-state index contributed by atoms with van der Waals surface area (Å²) in [7, 11) is 0. The summed E-state index contributed by atoms with van der Waals surface area (Å²) in [5.41, 5.74) is 9.90.